The fourth-order valence-electron chi connectivity index (χ4n) is 2.36. The van der Waals surface area contributed by atoms with Crippen molar-refractivity contribution in [3.8, 4) is 0 Å². The molecule has 0 atom stereocenters. The second-order valence-electron chi connectivity index (χ2n) is 5.04. The molecule has 9 heteroatoms. The Hall–Kier alpha value is -2.39. The number of thiocarbonyl (C=S) groups is 1. The third-order valence-corrected chi connectivity index (χ3v) is 4.60. The van der Waals surface area contributed by atoms with E-state index in [1.807, 2.05) is 6.92 Å². The van der Waals surface area contributed by atoms with E-state index in [1.54, 1.807) is 24.3 Å². The van der Waals surface area contributed by atoms with Crippen LogP contribution in [0.15, 0.2) is 24.3 Å². The summed E-state index contributed by atoms with van der Waals surface area (Å²) in [5.41, 5.74) is 0.913. The lowest BCUT2D eigenvalue weighted by atomic mass is 10.1. The Balaban J connectivity index is 1.61. The van der Waals surface area contributed by atoms with Gasteiger partial charge in [0.05, 0.1) is 11.1 Å². The molecule has 1 aliphatic heterocycles. The van der Waals surface area contributed by atoms with Crippen LogP contribution in [-0.2, 0) is 6.42 Å². The van der Waals surface area contributed by atoms with Crippen LogP contribution in [-0.4, -0.2) is 45.1 Å². The second-order valence-corrected chi connectivity index (χ2v) is 6.51. The fourth-order valence-corrected chi connectivity index (χ4v) is 3.40. The summed E-state index contributed by atoms with van der Waals surface area (Å²) in [7, 11) is 0. The minimum absolute atomic E-state index is 0.258. The van der Waals surface area contributed by atoms with Crippen molar-refractivity contribution in [2.45, 2.75) is 13.3 Å². The Bertz CT molecular complexity index is 770. The van der Waals surface area contributed by atoms with Crippen LogP contribution in [0.25, 0.3) is 0 Å². The highest BCUT2D eigenvalue weighted by atomic mass is 32.1. The number of anilines is 1. The molecule has 0 aliphatic carbocycles. The van der Waals surface area contributed by atoms with Crippen molar-refractivity contribution in [3.05, 3.63) is 40.4 Å². The Labute approximate surface area is 148 Å². The van der Waals surface area contributed by atoms with Gasteiger partial charge in [0.15, 0.2) is 5.11 Å². The van der Waals surface area contributed by atoms with Gasteiger partial charge in [-0.15, -0.1) is 10.2 Å². The maximum absolute atomic E-state index is 12.3. The largest absolute Gasteiger partial charge is 0.363 e. The van der Waals surface area contributed by atoms with Crippen LogP contribution in [0.5, 0.6) is 0 Å². The average Bonchev–Trinajstić information content (AvgIpc) is 3.10. The molecule has 24 heavy (non-hydrogen) atoms. The lowest BCUT2D eigenvalue weighted by Crippen LogP contribution is -2.31. The van der Waals surface area contributed by atoms with Gasteiger partial charge in [-0.3, -0.25) is 14.5 Å². The average molecular weight is 361 g/mol. The lowest BCUT2D eigenvalue weighted by Gasteiger charge is -2.12. The smallest absolute Gasteiger partial charge is 0.261 e. The van der Waals surface area contributed by atoms with Crippen LogP contribution in [0, 0.1) is 0 Å². The summed E-state index contributed by atoms with van der Waals surface area (Å²) in [5.74, 6) is -0.515. The molecule has 0 radical (unpaired) electrons. The highest BCUT2D eigenvalue weighted by molar-refractivity contribution is 7.80. The number of benzene rings is 1. The third kappa shape index (κ3) is 3.26. The highest BCUT2D eigenvalue weighted by Gasteiger charge is 2.34. The fraction of sp³-hybridized carbons (Fsp3) is 0.267. The Kier molecular flexibility index (Phi) is 4.81. The van der Waals surface area contributed by atoms with E-state index in [9.17, 15) is 9.59 Å². The first-order valence-electron chi connectivity index (χ1n) is 7.42. The van der Waals surface area contributed by atoms with Crippen LogP contribution in [0.3, 0.4) is 0 Å². The maximum Gasteiger partial charge on any atom is 0.261 e. The van der Waals surface area contributed by atoms with E-state index in [0.717, 1.165) is 11.6 Å². The predicted molar refractivity (Wildman–Crippen MR) is 95.3 cm³/mol. The van der Waals surface area contributed by atoms with Crippen molar-refractivity contribution in [2.24, 2.45) is 0 Å². The molecule has 0 unspecified atom stereocenters. The van der Waals surface area contributed by atoms with E-state index >= 15 is 0 Å². The summed E-state index contributed by atoms with van der Waals surface area (Å²) >= 11 is 6.43. The Morgan fingerprint density at radius 3 is 2.50 bits per heavy atom. The summed E-state index contributed by atoms with van der Waals surface area (Å²) in [6, 6.07) is 6.85. The van der Waals surface area contributed by atoms with Gasteiger partial charge in [0.25, 0.3) is 11.8 Å². The van der Waals surface area contributed by atoms with Gasteiger partial charge in [-0.1, -0.05) is 23.5 Å². The number of imide groups is 1. The zero-order valence-electron chi connectivity index (χ0n) is 12.9. The van der Waals surface area contributed by atoms with E-state index in [4.69, 9.17) is 12.2 Å². The first-order chi connectivity index (χ1) is 11.6. The quantitative estimate of drug-likeness (QED) is 0.619. The zero-order chi connectivity index (χ0) is 17.1. The Morgan fingerprint density at radius 1 is 1.21 bits per heavy atom. The van der Waals surface area contributed by atoms with Gasteiger partial charge in [0.2, 0.25) is 5.13 Å². The van der Waals surface area contributed by atoms with Crippen molar-refractivity contribution < 1.29 is 9.59 Å². The van der Waals surface area contributed by atoms with Gasteiger partial charge in [0.1, 0.15) is 5.01 Å². The van der Waals surface area contributed by atoms with Crippen molar-refractivity contribution >= 4 is 45.6 Å². The molecule has 0 fully saturated rings. The second kappa shape index (κ2) is 7.02. The number of carbonyl (C=O) groups excluding carboxylic acids is 2. The number of nitrogens with zero attached hydrogens (tertiary/aromatic N) is 3. The van der Waals surface area contributed by atoms with Gasteiger partial charge < -0.3 is 10.6 Å². The van der Waals surface area contributed by atoms with Crippen LogP contribution in [0.2, 0.25) is 0 Å². The summed E-state index contributed by atoms with van der Waals surface area (Å²) in [5, 5.41) is 15.8. The van der Waals surface area contributed by atoms with E-state index in [-0.39, 0.29) is 18.4 Å². The molecule has 2 N–H and O–H groups in total. The van der Waals surface area contributed by atoms with Crippen LogP contribution in [0.1, 0.15) is 32.6 Å². The van der Waals surface area contributed by atoms with Crippen molar-refractivity contribution in [2.75, 3.05) is 18.4 Å². The molecule has 0 saturated carbocycles. The molecule has 2 heterocycles. The Morgan fingerprint density at radius 2 is 1.88 bits per heavy atom. The molecule has 1 aromatic heterocycles. The number of carbonyl (C=O) groups is 2. The maximum atomic E-state index is 12.3. The summed E-state index contributed by atoms with van der Waals surface area (Å²) < 4.78 is 0. The normalized spacial score (nSPS) is 13.1. The van der Waals surface area contributed by atoms with E-state index in [1.165, 1.54) is 16.2 Å². The van der Waals surface area contributed by atoms with Crippen molar-refractivity contribution in [1.29, 1.82) is 0 Å². The first kappa shape index (κ1) is 16.5. The zero-order valence-corrected chi connectivity index (χ0v) is 14.5. The predicted octanol–water partition coefficient (Wildman–Crippen LogP) is 1.68. The SMILES string of the molecule is CCNC(=S)Nc1nnc(CCN2C(=O)c3ccccc3C2=O)s1. The van der Waals surface area contributed by atoms with Crippen LogP contribution in [0.4, 0.5) is 5.13 Å². The molecule has 1 aliphatic rings. The molecule has 124 valence electrons. The molecular weight excluding hydrogens is 346 g/mol. The number of amides is 2. The molecular formula is C15H15N5O2S2. The number of hydrogen-bond acceptors (Lipinski definition) is 6. The topological polar surface area (TPSA) is 87.2 Å². The minimum atomic E-state index is -0.258. The summed E-state index contributed by atoms with van der Waals surface area (Å²) in [6.45, 7) is 2.94. The van der Waals surface area contributed by atoms with Gasteiger partial charge in [-0.25, -0.2) is 0 Å². The standard InChI is InChI=1S/C15H15N5O2S2/c1-2-16-14(23)17-15-19-18-11(24-15)7-8-20-12(21)9-5-3-4-6-10(9)13(20)22/h3-6H,2,7-8H2,1H3,(H2,16,17,19,23). The van der Waals surface area contributed by atoms with Gasteiger partial charge >= 0.3 is 0 Å². The van der Waals surface area contributed by atoms with E-state index in [2.05, 4.69) is 20.8 Å². The molecule has 2 aromatic rings. The highest BCUT2D eigenvalue weighted by Crippen LogP contribution is 2.23. The lowest BCUT2D eigenvalue weighted by molar-refractivity contribution is 0.0656. The molecule has 0 spiro atoms. The molecule has 1 aromatic carbocycles. The number of fused-ring (bicyclic) bond motifs is 1. The van der Waals surface area contributed by atoms with Crippen molar-refractivity contribution in [3.63, 3.8) is 0 Å². The van der Waals surface area contributed by atoms with Crippen LogP contribution >= 0.6 is 23.6 Å². The molecule has 2 amide bonds. The van der Waals surface area contributed by atoms with Gasteiger partial charge in [-0.05, 0) is 31.3 Å². The first-order valence-corrected chi connectivity index (χ1v) is 8.65. The minimum Gasteiger partial charge on any atom is -0.363 e. The molecule has 3 rings (SSSR count). The molecule has 0 bridgehead atoms. The van der Waals surface area contributed by atoms with Gasteiger partial charge in [0, 0.05) is 19.5 Å². The number of hydrogen-bond donors (Lipinski definition) is 2. The number of rotatable bonds is 5. The van der Waals surface area contributed by atoms with E-state index < -0.39 is 0 Å². The van der Waals surface area contributed by atoms with Crippen LogP contribution < -0.4 is 10.6 Å². The number of aromatic nitrogens is 2. The van der Waals surface area contributed by atoms with Crippen molar-refractivity contribution in [1.82, 2.24) is 20.4 Å². The molecule has 7 nitrogen and oxygen atoms in total. The number of nitrogens with one attached hydrogen (secondary N) is 2. The summed E-state index contributed by atoms with van der Waals surface area (Å²) in [6.07, 6.45) is 0.457. The third-order valence-electron chi connectivity index (χ3n) is 3.45. The van der Waals surface area contributed by atoms with E-state index in [0.29, 0.717) is 27.8 Å². The van der Waals surface area contributed by atoms with Gasteiger partial charge in [-0.2, -0.15) is 0 Å². The molecule has 0 saturated heterocycles. The monoisotopic (exact) mass is 361 g/mol. The summed E-state index contributed by atoms with van der Waals surface area (Å²) in [4.78, 5) is 25.8.